The smallest absolute Gasteiger partial charge is 0.246 e. The van der Waals surface area contributed by atoms with Crippen LogP contribution in [0.15, 0.2) is 24.3 Å². The molecular weight excluding hydrogens is 230 g/mol. The van der Waals surface area contributed by atoms with E-state index in [2.05, 4.69) is 15.5 Å². The second kappa shape index (κ2) is 4.73. The first kappa shape index (κ1) is 11.2. The zero-order chi connectivity index (χ0) is 12.4. The lowest BCUT2D eigenvalue weighted by atomic mass is 10.3. The number of nitrogens with zero attached hydrogens (tertiary/aromatic N) is 4. The standard InChI is InChI=1S/C12H15N5O/c18-12(16-7-5-13-6-8-16)9-17-14-10-3-1-2-4-11(10)15-17/h1-4,13H,5-9H2. The topological polar surface area (TPSA) is 63.1 Å². The second-order valence-corrected chi connectivity index (χ2v) is 4.35. The second-order valence-electron chi connectivity index (χ2n) is 4.35. The average molecular weight is 245 g/mol. The lowest BCUT2D eigenvalue weighted by Gasteiger charge is -2.27. The van der Waals surface area contributed by atoms with Crippen LogP contribution in [0.4, 0.5) is 0 Å². The molecule has 2 aromatic rings. The van der Waals surface area contributed by atoms with Crippen molar-refractivity contribution in [3.05, 3.63) is 24.3 Å². The molecule has 1 N–H and O–H groups in total. The Morgan fingerprint density at radius 2 is 1.78 bits per heavy atom. The molecule has 0 aliphatic carbocycles. The number of nitrogens with one attached hydrogen (secondary N) is 1. The van der Waals surface area contributed by atoms with Gasteiger partial charge in [-0.3, -0.25) is 4.79 Å². The van der Waals surface area contributed by atoms with Crippen LogP contribution in [0.1, 0.15) is 0 Å². The first-order valence-electron chi connectivity index (χ1n) is 6.11. The Bertz CT molecular complexity index is 525. The summed E-state index contributed by atoms with van der Waals surface area (Å²) in [4.78, 5) is 15.4. The maximum Gasteiger partial charge on any atom is 0.246 e. The quantitative estimate of drug-likeness (QED) is 0.800. The first-order valence-corrected chi connectivity index (χ1v) is 6.11. The molecule has 1 saturated heterocycles. The van der Waals surface area contributed by atoms with Gasteiger partial charge in [-0.15, -0.1) is 0 Å². The Morgan fingerprint density at radius 1 is 1.17 bits per heavy atom. The van der Waals surface area contributed by atoms with Crippen molar-refractivity contribution in [3.63, 3.8) is 0 Å². The molecule has 6 nitrogen and oxygen atoms in total. The van der Waals surface area contributed by atoms with Gasteiger partial charge in [0.25, 0.3) is 0 Å². The van der Waals surface area contributed by atoms with E-state index in [1.165, 1.54) is 4.80 Å². The van der Waals surface area contributed by atoms with Gasteiger partial charge in [-0.25, -0.2) is 0 Å². The number of hydrogen-bond acceptors (Lipinski definition) is 4. The van der Waals surface area contributed by atoms with E-state index in [9.17, 15) is 4.79 Å². The van der Waals surface area contributed by atoms with Gasteiger partial charge in [0.05, 0.1) is 0 Å². The molecule has 0 bridgehead atoms. The number of fused-ring (bicyclic) bond motifs is 1. The highest BCUT2D eigenvalue weighted by atomic mass is 16.2. The molecule has 1 aromatic heterocycles. The van der Waals surface area contributed by atoms with Crippen molar-refractivity contribution in [2.75, 3.05) is 26.2 Å². The fraction of sp³-hybridized carbons (Fsp3) is 0.417. The van der Waals surface area contributed by atoms with Crippen LogP contribution in [-0.2, 0) is 11.3 Å². The summed E-state index contributed by atoms with van der Waals surface area (Å²) in [6, 6.07) is 7.63. The Hall–Kier alpha value is -1.95. The van der Waals surface area contributed by atoms with Crippen LogP contribution in [0.25, 0.3) is 11.0 Å². The molecular formula is C12H15N5O. The highest BCUT2D eigenvalue weighted by molar-refractivity contribution is 5.77. The molecule has 2 heterocycles. The largest absolute Gasteiger partial charge is 0.338 e. The lowest BCUT2D eigenvalue weighted by molar-refractivity contribution is -0.132. The number of carbonyl (C=O) groups is 1. The van der Waals surface area contributed by atoms with Crippen LogP contribution in [0.5, 0.6) is 0 Å². The summed E-state index contributed by atoms with van der Waals surface area (Å²) in [6.45, 7) is 3.47. The summed E-state index contributed by atoms with van der Waals surface area (Å²) in [6.07, 6.45) is 0. The molecule has 0 saturated carbocycles. The minimum atomic E-state index is 0.0804. The summed E-state index contributed by atoms with van der Waals surface area (Å²) < 4.78 is 0. The third-order valence-electron chi connectivity index (χ3n) is 3.07. The maximum absolute atomic E-state index is 12.0. The summed E-state index contributed by atoms with van der Waals surface area (Å²) in [5, 5.41) is 11.8. The van der Waals surface area contributed by atoms with Gasteiger partial charge in [0, 0.05) is 26.2 Å². The van der Waals surface area contributed by atoms with Gasteiger partial charge in [0.2, 0.25) is 5.91 Å². The highest BCUT2D eigenvalue weighted by Gasteiger charge is 2.17. The van der Waals surface area contributed by atoms with Crippen LogP contribution >= 0.6 is 0 Å². The van der Waals surface area contributed by atoms with Crippen LogP contribution in [0.3, 0.4) is 0 Å². The van der Waals surface area contributed by atoms with Crippen LogP contribution in [-0.4, -0.2) is 52.0 Å². The first-order chi connectivity index (χ1) is 8.83. The van der Waals surface area contributed by atoms with E-state index in [1.54, 1.807) is 0 Å². The number of hydrogen-bond donors (Lipinski definition) is 1. The van der Waals surface area contributed by atoms with E-state index in [0.29, 0.717) is 0 Å². The molecule has 0 atom stereocenters. The Morgan fingerprint density at radius 3 is 2.39 bits per heavy atom. The van der Waals surface area contributed by atoms with E-state index in [4.69, 9.17) is 0 Å². The van der Waals surface area contributed by atoms with Crippen molar-refractivity contribution < 1.29 is 4.79 Å². The third-order valence-corrected chi connectivity index (χ3v) is 3.07. The monoisotopic (exact) mass is 245 g/mol. The van der Waals surface area contributed by atoms with E-state index >= 15 is 0 Å². The van der Waals surface area contributed by atoms with E-state index < -0.39 is 0 Å². The molecule has 0 radical (unpaired) electrons. The van der Waals surface area contributed by atoms with Crippen molar-refractivity contribution in [1.82, 2.24) is 25.2 Å². The van der Waals surface area contributed by atoms with Crippen molar-refractivity contribution in [2.45, 2.75) is 6.54 Å². The molecule has 3 rings (SSSR count). The van der Waals surface area contributed by atoms with Crippen molar-refractivity contribution >= 4 is 16.9 Å². The molecule has 1 aromatic carbocycles. The zero-order valence-corrected chi connectivity index (χ0v) is 10.0. The number of carbonyl (C=O) groups excluding carboxylic acids is 1. The average Bonchev–Trinajstić information content (AvgIpc) is 2.82. The fourth-order valence-corrected chi connectivity index (χ4v) is 2.11. The molecule has 1 amide bonds. The highest BCUT2D eigenvalue weighted by Crippen LogP contribution is 2.07. The summed E-state index contributed by atoms with van der Waals surface area (Å²) in [5.41, 5.74) is 1.65. The van der Waals surface area contributed by atoms with Gasteiger partial charge in [0.15, 0.2) is 0 Å². The lowest BCUT2D eigenvalue weighted by Crippen LogP contribution is -2.47. The van der Waals surface area contributed by atoms with Crippen molar-refractivity contribution in [1.29, 1.82) is 0 Å². The number of aromatic nitrogens is 3. The number of piperazine rings is 1. The fourth-order valence-electron chi connectivity index (χ4n) is 2.11. The molecule has 0 unspecified atom stereocenters. The minimum absolute atomic E-state index is 0.0804. The summed E-state index contributed by atoms with van der Waals surface area (Å²) in [5.74, 6) is 0.0804. The summed E-state index contributed by atoms with van der Waals surface area (Å²) in [7, 11) is 0. The number of rotatable bonds is 2. The molecule has 18 heavy (non-hydrogen) atoms. The number of amides is 1. The SMILES string of the molecule is O=C(Cn1nc2ccccc2n1)N1CCNCC1. The van der Waals surface area contributed by atoms with Crippen molar-refractivity contribution in [2.24, 2.45) is 0 Å². The predicted molar refractivity (Wildman–Crippen MR) is 67.0 cm³/mol. The van der Waals surface area contributed by atoms with E-state index in [1.807, 2.05) is 29.2 Å². The van der Waals surface area contributed by atoms with Gasteiger partial charge in [-0.05, 0) is 12.1 Å². The van der Waals surface area contributed by atoms with Gasteiger partial charge in [-0.2, -0.15) is 15.0 Å². The van der Waals surface area contributed by atoms with Gasteiger partial charge in [-0.1, -0.05) is 12.1 Å². The predicted octanol–water partition coefficient (Wildman–Crippen LogP) is -0.137. The van der Waals surface area contributed by atoms with Gasteiger partial charge in [0.1, 0.15) is 17.6 Å². The minimum Gasteiger partial charge on any atom is -0.338 e. The summed E-state index contributed by atoms with van der Waals surface area (Å²) >= 11 is 0. The van der Waals surface area contributed by atoms with Crippen LogP contribution in [0, 0.1) is 0 Å². The van der Waals surface area contributed by atoms with E-state index in [0.717, 1.165) is 37.2 Å². The number of benzene rings is 1. The molecule has 0 spiro atoms. The maximum atomic E-state index is 12.0. The Kier molecular flexibility index (Phi) is 2.93. The normalized spacial score (nSPS) is 16.1. The zero-order valence-electron chi connectivity index (χ0n) is 10.0. The molecule has 94 valence electrons. The van der Waals surface area contributed by atoms with Gasteiger partial charge >= 0.3 is 0 Å². The van der Waals surface area contributed by atoms with Crippen LogP contribution < -0.4 is 5.32 Å². The van der Waals surface area contributed by atoms with Gasteiger partial charge < -0.3 is 10.2 Å². The molecule has 6 heteroatoms. The Balaban J connectivity index is 1.73. The van der Waals surface area contributed by atoms with E-state index in [-0.39, 0.29) is 12.5 Å². The molecule has 1 aliphatic heterocycles. The molecule has 1 fully saturated rings. The third kappa shape index (κ3) is 2.19. The Labute approximate surface area is 105 Å². The van der Waals surface area contributed by atoms with Crippen LogP contribution in [0.2, 0.25) is 0 Å². The molecule has 1 aliphatic rings. The van der Waals surface area contributed by atoms with Crippen molar-refractivity contribution in [3.8, 4) is 0 Å².